The summed E-state index contributed by atoms with van der Waals surface area (Å²) in [6, 6.07) is 7.46. The molecule has 3 rings (SSSR count). The Kier molecular flexibility index (Phi) is 3.32. The molecule has 1 aromatic rings. The fraction of sp³-hybridized carbons (Fsp3) is 0.467. The number of benzene rings is 1. The van der Waals surface area contributed by atoms with Crippen LogP contribution in [0.25, 0.3) is 0 Å². The molecule has 0 aromatic heterocycles. The number of rotatable bonds is 4. The molecular weight excluding hydrogens is 320 g/mol. The summed E-state index contributed by atoms with van der Waals surface area (Å²) in [5.74, 6) is -0.0872. The number of carbonyl (C=O) groups is 2. The predicted molar refractivity (Wildman–Crippen MR) is 79.4 cm³/mol. The van der Waals surface area contributed by atoms with Gasteiger partial charge in [0.05, 0.1) is 0 Å². The first-order chi connectivity index (χ1) is 9.57. The minimum absolute atomic E-state index is 0.0598. The van der Waals surface area contributed by atoms with Crippen molar-refractivity contribution in [2.75, 3.05) is 6.54 Å². The smallest absolute Gasteiger partial charge is 0.324 e. The van der Waals surface area contributed by atoms with E-state index in [4.69, 9.17) is 0 Å². The Morgan fingerprint density at radius 2 is 2.05 bits per heavy atom. The van der Waals surface area contributed by atoms with Crippen molar-refractivity contribution >= 4 is 27.9 Å². The second kappa shape index (κ2) is 4.88. The summed E-state index contributed by atoms with van der Waals surface area (Å²) < 4.78 is 1.05. The minimum atomic E-state index is -0.350. The molecule has 1 aromatic carbocycles. The zero-order valence-electron chi connectivity index (χ0n) is 11.4. The lowest BCUT2D eigenvalue weighted by Gasteiger charge is -2.22. The third-order valence-corrected chi connectivity index (χ3v) is 4.97. The number of hydrogen-bond acceptors (Lipinski definition) is 2. The van der Waals surface area contributed by atoms with Crippen LogP contribution in [0, 0.1) is 0 Å². The monoisotopic (exact) mass is 336 g/mol. The maximum atomic E-state index is 12.2. The zero-order valence-corrected chi connectivity index (χ0v) is 12.9. The largest absolute Gasteiger partial charge is 0.326 e. The van der Waals surface area contributed by atoms with E-state index in [-0.39, 0.29) is 23.4 Å². The number of urea groups is 1. The van der Waals surface area contributed by atoms with Crippen LogP contribution in [0.1, 0.15) is 31.7 Å². The van der Waals surface area contributed by atoms with Crippen LogP contribution in [-0.4, -0.2) is 29.4 Å². The predicted octanol–water partition coefficient (Wildman–Crippen LogP) is 2.81. The van der Waals surface area contributed by atoms with E-state index in [1.54, 1.807) is 0 Å². The normalized spacial score (nSPS) is 23.9. The lowest BCUT2D eigenvalue weighted by molar-refractivity contribution is -0.127. The van der Waals surface area contributed by atoms with Crippen molar-refractivity contribution in [2.45, 2.75) is 37.6 Å². The maximum absolute atomic E-state index is 12.2. The number of halogens is 1. The molecule has 1 atom stereocenters. The summed E-state index contributed by atoms with van der Waals surface area (Å²) in [6.45, 7) is 2.39. The molecule has 5 heteroatoms. The van der Waals surface area contributed by atoms with Gasteiger partial charge in [0.1, 0.15) is 6.04 Å². The van der Waals surface area contributed by atoms with E-state index in [0.29, 0.717) is 13.0 Å². The van der Waals surface area contributed by atoms with E-state index >= 15 is 0 Å². The van der Waals surface area contributed by atoms with Crippen LogP contribution in [0.15, 0.2) is 28.7 Å². The lowest BCUT2D eigenvalue weighted by atomic mass is 9.95. The van der Waals surface area contributed by atoms with Crippen LogP contribution in [-0.2, 0) is 10.2 Å². The van der Waals surface area contributed by atoms with Crippen molar-refractivity contribution in [3.05, 3.63) is 34.3 Å². The highest BCUT2D eigenvalue weighted by Gasteiger charge is 2.50. The molecule has 1 heterocycles. The van der Waals surface area contributed by atoms with Crippen molar-refractivity contribution in [2.24, 2.45) is 0 Å². The quantitative estimate of drug-likeness (QED) is 0.859. The number of hydrogen-bond donors (Lipinski definition) is 1. The number of nitrogens with zero attached hydrogens (tertiary/aromatic N) is 1. The SMILES string of the molecule is CCC1NC(=O)N(CC2(c3ccccc3Br)CC2)C1=O. The van der Waals surface area contributed by atoms with Gasteiger partial charge in [-0.25, -0.2) is 4.79 Å². The Hall–Kier alpha value is -1.36. The van der Waals surface area contributed by atoms with Gasteiger partial charge in [-0.1, -0.05) is 41.1 Å². The summed E-state index contributed by atoms with van der Waals surface area (Å²) in [7, 11) is 0. The van der Waals surface area contributed by atoms with Crippen LogP contribution in [0.4, 0.5) is 4.79 Å². The van der Waals surface area contributed by atoms with Crippen molar-refractivity contribution in [1.82, 2.24) is 10.2 Å². The zero-order chi connectivity index (χ0) is 14.3. The van der Waals surface area contributed by atoms with Crippen LogP contribution >= 0.6 is 15.9 Å². The third kappa shape index (κ3) is 2.14. The van der Waals surface area contributed by atoms with E-state index < -0.39 is 0 Å². The van der Waals surface area contributed by atoms with Gasteiger partial charge in [-0.05, 0) is 30.9 Å². The number of nitrogens with one attached hydrogen (secondary N) is 1. The molecule has 1 N–H and O–H groups in total. The van der Waals surface area contributed by atoms with Crippen LogP contribution < -0.4 is 5.32 Å². The molecule has 2 aliphatic rings. The van der Waals surface area contributed by atoms with Crippen LogP contribution in [0.5, 0.6) is 0 Å². The fourth-order valence-electron chi connectivity index (χ4n) is 2.86. The van der Waals surface area contributed by atoms with Crippen molar-refractivity contribution in [3.63, 3.8) is 0 Å². The van der Waals surface area contributed by atoms with Crippen LogP contribution in [0.3, 0.4) is 0 Å². The first-order valence-electron chi connectivity index (χ1n) is 6.94. The molecule has 1 aliphatic heterocycles. The second-order valence-corrected chi connectivity index (χ2v) is 6.45. The van der Waals surface area contributed by atoms with Gasteiger partial charge in [-0.3, -0.25) is 9.69 Å². The molecule has 1 aliphatic carbocycles. The minimum Gasteiger partial charge on any atom is -0.326 e. The Balaban J connectivity index is 1.83. The van der Waals surface area contributed by atoms with E-state index in [9.17, 15) is 9.59 Å². The van der Waals surface area contributed by atoms with Gasteiger partial charge in [0.25, 0.3) is 5.91 Å². The van der Waals surface area contributed by atoms with Gasteiger partial charge < -0.3 is 5.32 Å². The van der Waals surface area contributed by atoms with E-state index in [0.717, 1.165) is 17.3 Å². The molecule has 0 radical (unpaired) electrons. The fourth-order valence-corrected chi connectivity index (χ4v) is 3.57. The topological polar surface area (TPSA) is 49.4 Å². The first kappa shape index (κ1) is 13.6. The van der Waals surface area contributed by atoms with Crippen molar-refractivity contribution in [1.29, 1.82) is 0 Å². The maximum Gasteiger partial charge on any atom is 0.324 e. The standard InChI is InChI=1S/C15H17BrN2O2/c1-2-12-13(19)18(14(20)17-12)9-15(7-8-15)10-5-3-4-6-11(10)16/h3-6,12H,2,7-9H2,1H3,(H,17,20). The lowest BCUT2D eigenvalue weighted by Crippen LogP contribution is -2.38. The van der Waals surface area contributed by atoms with Gasteiger partial charge >= 0.3 is 6.03 Å². The Morgan fingerprint density at radius 3 is 2.60 bits per heavy atom. The van der Waals surface area contributed by atoms with Crippen molar-refractivity contribution in [3.8, 4) is 0 Å². The van der Waals surface area contributed by atoms with Gasteiger partial charge in [-0.2, -0.15) is 0 Å². The van der Waals surface area contributed by atoms with E-state index in [2.05, 4.69) is 27.3 Å². The highest BCUT2D eigenvalue weighted by Crippen LogP contribution is 2.51. The highest BCUT2D eigenvalue weighted by molar-refractivity contribution is 9.10. The van der Waals surface area contributed by atoms with Gasteiger partial charge in [-0.15, -0.1) is 0 Å². The van der Waals surface area contributed by atoms with Gasteiger partial charge in [0, 0.05) is 16.4 Å². The molecule has 3 amide bonds. The Morgan fingerprint density at radius 1 is 1.35 bits per heavy atom. The summed E-state index contributed by atoms with van der Waals surface area (Å²) in [4.78, 5) is 25.5. The Labute approximate surface area is 126 Å². The van der Waals surface area contributed by atoms with Gasteiger partial charge in [0.2, 0.25) is 0 Å². The molecule has 2 fully saturated rings. The summed E-state index contributed by atoms with van der Waals surface area (Å²) >= 11 is 3.57. The molecule has 20 heavy (non-hydrogen) atoms. The number of amides is 3. The first-order valence-corrected chi connectivity index (χ1v) is 7.73. The highest BCUT2D eigenvalue weighted by atomic mass is 79.9. The molecule has 1 saturated heterocycles. The number of carbonyl (C=O) groups excluding carboxylic acids is 2. The molecule has 1 unspecified atom stereocenters. The van der Waals surface area contributed by atoms with Crippen LogP contribution in [0.2, 0.25) is 0 Å². The van der Waals surface area contributed by atoms with Gasteiger partial charge in [0.15, 0.2) is 0 Å². The molecule has 1 saturated carbocycles. The summed E-state index contributed by atoms with van der Waals surface area (Å²) in [5.41, 5.74) is 1.14. The molecule has 0 bridgehead atoms. The average Bonchev–Trinajstić information content (AvgIpc) is 3.17. The summed E-state index contributed by atoms with van der Waals surface area (Å²) in [5, 5.41) is 2.75. The number of imide groups is 1. The average molecular weight is 337 g/mol. The second-order valence-electron chi connectivity index (χ2n) is 5.59. The summed E-state index contributed by atoms with van der Waals surface area (Å²) in [6.07, 6.45) is 2.68. The van der Waals surface area contributed by atoms with E-state index in [1.165, 1.54) is 10.5 Å². The molecule has 106 valence electrons. The molecule has 0 spiro atoms. The third-order valence-electron chi connectivity index (χ3n) is 4.27. The van der Waals surface area contributed by atoms with E-state index in [1.807, 2.05) is 25.1 Å². The molecular formula is C15H17BrN2O2. The Bertz CT molecular complexity index is 569. The molecule has 4 nitrogen and oxygen atoms in total. The van der Waals surface area contributed by atoms with Crippen molar-refractivity contribution < 1.29 is 9.59 Å².